The highest BCUT2D eigenvalue weighted by atomic mass is 16.2. The molecule has 4 N–H and O–H groups in total. The minimum absolute atomic E-state index is 0.0763. The van der Waals surface area contributed by atoms with Gasteiger partial charge in [-0.2, -0.15) is 0 Å². The van der Waals surface area contributed by atoms with Crippen LogP contribution in [0.1, 0.15) is 26.7 Å². The highest BCUT2D eigenvalue weighted by molar-refractivity contribution is 5.83. The summed E-state index contributed by atoms with van der Waals surface area (Å²) in [7, 11) is 1.73. The second kappa shape index (κ2) is 8.06. The Kier molecular flexibility index (Phi) is 7.49. The standard InChI is InChI=1S/C10H22N4O2/c1-4-6-12-9(15)7-14(3)8(5-2)10(16)13-11/h8H,4-7,11H2,1-3H3,(H,12,15)(H,13,16). The van der Waals surface area contributed by atoms with Crippen molar-refractivity contribution in [1.29, 1.82) is 0 Å². The van der Waals surface area contributed by atoms with Gasteiger partial charge in [-0.3, -0.25) is 19.9 Å². The van der Waals surface area contributed by atoms with Gasteiger partial charge in [0.05, 0.1) is 12.6 Å². The summed E-state index contributed by atoms with van der Waals surface area (Å²) in [6.45, 7) is 4.72. The predicted octanol–water partition coefficient (Wildman–Crippen LogP) is -0.787. The van der Waals surface area contributed by atoms with Crippen molar-refractivity contribution >= 4 is 11.8 Å². The Hall–Kier alpha value is -1.14. The first-order valence-electron chi connectivity index (χ1n) is 5.54. The first-order valence-corrected chi connectivity index (χ1v) is 5.54. The molecule has 16 heavy (non-hydrogen) atoms. The number of hydrogen-bond donors (Lipinski definition) is 3. The third-order valence-electron chi connectivity index (χ3n) is 2.33. The Balaban J connectivity index is 4.15. The molecule has 0 heterocycles. The van der Waals surface area contributed by atoms with Gasteiger partial charge in [0.15, 0.2) is 0 Å². The molecule has 1 atom stereocenters. The van der Waals surface area contributed by atoms with Crippen molar-refractivity contribution in [2.24, 2.45) is 5.84 Å². The molecule has 0 bridgehead atoms. The molecule has 1 unspecified atom stereocenters. The van der Waals surface area contributed by atoms with E-state index in [0.717, 1.165) is 6.42 Å². The van der Waals surface area contributed by atoms with Gasteiger partial charge in [-0.25, -0.2) is 5.84 Å². The molecule has 0 radical (unpaired) electrons. The predicted molar refractivity (Wildman–Crippen MR) is 62.3 cm³/mol. The molecule has 0 aromatic heterocycles. The van der Waals surface area contributed by atoms with Crippen LogP contribution in [0.5, 0.6) is 0 Å². The van der Waals surface area contributed by atoms with Crippen LogP contribution in [0, 0.1) is 0 Å². The fourth-order valence-electron chi connectivity index (χ4n) is 1.45. The number of hydrogen-bond acceptors (Lipinski definition) is 4. The van der Waals surface area contributed by atoms with Gasteiger partial charge >= 0.3 is 0 Å². The smallest absolute Gasteiger partial charge is 0.251 e. The summed E-state index contributed by atoms with van der Waals surface area (Å²) in [5.74, 6) is 4.72. The van der Waals surface area contributed by atoms with E-state index in [1.807, 2.05) is 13.8 Å². The van der Waals surface area contributed by atoms with E-state index in [0.29, 0.717) is 13.0 Å². The first-order chi connectivity index (χ1) is 7.56. The van der Waals surface area contributed by atoms with Crippen molar-refractivity contribution in [1.82, 2.24) is 15.6 Å². The van der Waals surface area contributed by atoms with E-state index in [2.05, 4.69) is 10.7 Å². The van der Waals surface area contributed by atoms with E-state index in [1.54, 1.807) is 11.9 Å². The van der Waals surface area contributed by atoms with Gasteiger partial charge in [-0.1, -0.05) is 13.8 Å². The zero-order valence-electron chi connectivity index (χ0n) is 10.2. The summed E-state index contributed by atoms with van der Waals surface area (Å²) in [6, 6.07) is -0.364. The molecular weight excluding hydrogens is 208 g/mol. The molecule has 2 amide bonds. The molecule has 0 aliphatic heterocycles. The summed E-state index contributed by atoms with van der Waals surface area (Å²) in [6.07, 6.45) is 1.51. The van der Waals surface area contributed by atoms with Gasteiger partial charge in [0.1, 0.15) is 0 Å². The van der Waals surface area contributed by atoms with E-state index in [9.17, 15) is 9.59 Å². The summed E-state index contributed by atoms with van der Waals surface area (Å²) in [5.41, 5.74) is 2.10. The van der Waals surface area contributed by atoms with E-state index in [1.165, 1.54) is 0 Å². The van der Waals surface area contributed by atoms with Gasteiger partial charge in [0.25, 0.3) is 5.91 Å². The molecule has 6 heteroatoms. The number of likely N-dealkylation sites (N-methyl/N-ethyl adjacent to an activating group) is 1. The highest BCUT2D eigenvalue weighted by Gasteiger charge is 2.21. The van der Waals surface area contributed by atoms with Gasteiger partial charge in [0, 0.05) is 6.54 Å². The monoisotopic (exact) mass is 230 g/mol. The average molecular weight is 230 g/mol. The molecule has 0 spiro atoms. The number of hydrazine groups is 1. The van der Waals surface area contributed by atoms with Crippen LogP contribution in [0.25, 0.3) is 0 Å². The second-order valence-electron chi connectivity index (χ2n) is 3.70. The maximum atomic E-state index is 11.4. The summed E-state index contributed by atoms with van der Waals surface area (Å²) >= 11 is 0. The van der Waals surface area contributed by atoms with E-state index >= 15 is 0 Å². The number of amides is 2. The lowest BCUT2D eigenvalue weighted by Crippen LogP contribution is -2.50. The fourth-order valence-corrected chi connectivity index (χ4v) is 1.45. The summed E-state index contributed by atoms with van der Waals surface area (Å²) in [5, 5.41) is 2.76. The Morgan fingerprint density at radius 1 is 1.38 bits per heavy atom. The number of carbonyl (C=O) groups is 2. The number of nitrogens with zero attached hydrogens (tertiary/aromatic N) is 1. The Morgan fingerprint density at radius 3 is 2.44 bits per heavy atom. The Morgan fingerprint density at radius 2 is 2.00 bits per heavy atom. The van der Waals surface area contributed by atoms with Crippen LogP contribution in [0.15, 0.2) is 0 Å². The van der Waals surface area contributed by atoms with Gasteiger partial charge in [0.2, 0.25) is 5.91 Å². The minimum Gasteiger partial charge on any atom is -0.355 e. The molecule has 94 valence electrons. The van der Waals surface area contributed by atoms with Crippen LogP contribution in [-0.2, 0) is 9.59 Å². The SMILES string of the molecule is CCCNC(=O)CN(C)C(CC)C(=O)NN. The molecule has 0 saturated carbocycles. The van der Waals surface area contributed by atoms with Crippen molar-refractivity contribution in [3.63, 3.8) is 0 Å². The van der Waals surface area contributed by atoms with Crippen LogP contribution < -0.4 is 16.6 Å². The second-order valence-corrected chi connectivity index (χ2v) is 3.70. The van der Waals surface area contributed by atoms with Crippen LogP contribution in [0.2, 0.25) is 0 Å². The number of nitrogens with two attached hydrogens (primary N) is 1. The zero-order chi connectivity index (χ0) is 12.6. The summed E-state index contributed by atoms with van der Waals surface area (Å²) < 4.78 is 0. The third kappa shape index (κ3) is 5.09. The third-order valence-corrected chi connectivity index (χ3v) is 2.33. The average Bonchev–Trinajstić information content (AvgIpc) is 2.26. The van der Waals surface area contributed by atoms with E-state index in [-0.39, 0.29) is 24.4 Å². The van der Waals surface area contributed by atoms with Gasteiger partial charge in [-0.05, 0) is 19.9 Å². The molecule has 0 aliphatic rings. The number of nitrogens with one attached hydrogen (secondary N) is 2. The molecule has 6 nitrogen and oxygen atoms in total. The van der Waals surface area contributed by atoms with Crippen molar-refractivity contribution in [2.45, 2.75) is 32.7 Å². The molecule has 0 saturated heterocycles. The van der Waals surface area contributed by atoms with Crippen LogP contribution in [-0.4, -0.2) is 42.9 Å². The first kappa shape index (κ1) is 14.9. The number of carbonyl (C=O) groups excluding carboxylic acids is 2. The molecular formula is C10H22N4O2. The fraction of sp³-hybridized carbons (Fsp3) is 0.800. The van der Waals surface area contributed by atoms with Gasteiger partial charge in [-0.15, -0.1) is 0 Å². The lowest BCUT2D eigenvalue weighted by atomic mass is 10.2. The normalized spacial score (nSPS) is 12.3. The quantitative estimate of drug-likeness (QED) is 0.304. The van der Waals surface area contributed by atoms with Crippen LogP contribution in [0.4, 0.5) is 0 Å². The highest BCUT2D eigenvalue weighted by Crippen LogP contribution is 2.00. The number of rotatable bonds is 7. The van der Waals surface area contributed by atoms with Crippen LogP contribution >= 0.6 is 0 Å². The zero-order valence-corrected chi connectivity index (χ0v) is 10.2. The minimum atomic E-state index is -0.364. The molecule has 0 aliphatic carbocycles. The molecule has 0 aromatic carbocycles. The van der Waals surface area contributed by atoms with Gasteiger partial charge < -0.3 is 5.32 Å². The lowest BCUT2D eigenvalue weighted by molar-refractivity contribution is -0.128. The maximum absolute atomic E-state index is 11.4. The van der Waals surface area contributed by atoms with Crippen molar-refractivity contribution in [3.8, 4) is 0 Å². The topological polar surface area (TPSA) is 87.5 Å². The maximum Gasteiger partial charge on any atom is 0.251 e. The van der Waals surface area contributed by atoms with E-state index < -0.39 is 0 Å². The largest absolute Gasteiger partial charge is 0.355 e. The Bertz CT molecular complexity index is 233. The van der Waals surface area contributed by atoms with E-state index in [4.69, 9.17) is 5.84 Å². The lowest BCUT2D eigenvalue weighted by Gasteiger charge is -2.24. The molecule has 0 aromatic rings. The molecule has 0 fully saturated rings. The van der Waals surface area contributed by atoms with Crippen molar-refractivity contribution in [3.05, 3.63) is 0 Å². The van der Waals surface area contributed by atoms with Crippen molar-refractivity contribution < 1.29 is 9.59 Å². The molecule has 0 rings (SSSR count). The Labute approximate surface area is 96.5 Å². The summed E-state index contributed by atoms with van der Waals surface area (Å²) in [4.78, 5) is 24.5. The van der Waals surface area contributed by atoms with Crippen LogP contribution in [0.3, 0.4) is 0 Å². The van der Waals surface area contributed by atoms with Crippen molar-refractivity contribution in [2.75, 3.05) is 20.1 Å².